The maximum Gasteiger partial charge on any atom is 0.236 e. The number of rotatable bonds is 7. The Morgan fingerprint density at radius 1 is 1.26 bits per heavy atom. The highest BCUT2D eigenvalue weighted by Crippen LogP contribution is 2.23. The second-order valence-corrected chi connectivity index (χ2v) is 5.97. The second-order valence-electron chi connectivity index (χ2n) is 5.97. The van der Waals surface area contributed by atoms with E-state index in [1.54, 1.807) is 0 Å². The number of ether oxygens (including phenoxy) is 1. The Labute approximate surface area is 146 Å². The first-order valence-corrected chi connectivity index (χ1v) is 8.37. The maximum atomic E-state index is 11.8. The Balaban J connectivity index is 0.00000264. The number of carbonyl (C=O) groups excluding carboxylic acids is 1. The number of likely N-dealkylation sites (N-methyl/N-ethyl adjacent to an activating group) is 1. The fraction of sp³-hybridized carbons (Fsp3) is 0.611. The van der Waals surface area contributed by atoms with Crippen molar-refractivity contribution in [2.75, 3.05) is 33.3 Å². The highest BCUT2D eigenvalue weighted by atomic mass is 35.5. The van der Waals surface area contributed by atoms with Gasteiger partial charge in [0, 0.05) is 13.1 Å². The highest BCUT2D eigenvalue weighted by molar-refractivity contribution is 5.85. The molecule has 23 heavy (non-hydrogen) atoms. The lowest BCUT2D eigenvalue weighted by Crippen LogP contribution is -2.42. The first kappa shape index (κ1) is 19.8. The van der Waals surface area contributed by atoms with Crippen LogP contribution in [0.3, 0.4) is 0 Å². The van der Waals surface area contributed by atoms with E-state index in [0.29, 0.717) is 13.2 Å². The van der Waals surface area contributed by atoms with Gasteiger partial charge in [0.2, 0.25) is 5.91 Å². The molecule has 0 saturated carbocycles. The number of amides is 1. The average Bonchev–Trinajstić information content (AvgIpc) is 2.55. The molecule has 1 saturated heterocycles. The predicted molar refractivity (Wildman–Crippen MR) is 96.4 cm³/mol. The van der Waals surface area contributed by atoms with E-state index in [0.717, 1.165) is 44.0 Å². The lowest BCUT2D eigenvalue weighted by Gasteiger charge is -2.32. The van der Waals surface area contributed by atoms with E-state index in [4.69, 9.17) is 4.74 Å². The minimum atomic E-state index is 0. The Morgan fingerprint density at radius 3 is 2.48 bits per heavy atom. The molecular weight excluding hydrogens is 312 g/mol. The van der Waals surface area contributed by atoms with Crippen molar-refractivity contribution in [3.63, 3.8) is 0 Å². The molecule has 0 radical (unpaired) electrons. The molecule has 4 nitrogen and oxygen atoms in total. The van der Waals surface area contributed by atoms with Crippen LogP contribution in [0.15, 0.2) is 24.3 Å². The van der Waals surface area contributed by atoms with E-state index in [1.807, 2.05) is 18.9 Å². The monoisotopic (exact) mass is 340 g/mol. The third-order valence-electron chi connectivity index (χ3n) is 4.37. The van der Waals surface area contributed by atoms with Crippen molar-refractivity contribution >= 4 is 18.3 Å². The van der Waals surface area contributed by atoms with Crippen LogP contribution in [0.25, 0.3) is 0 Å². The molecule has 1 aromatic rings. The molecule has 1 N–H and O–H groups in total. The molecule has 1 aliphatic heterocycles. The van der Waals surface area contributed by atoms with Gasteiger partial charge in [-0.15, -0.1) is 12.4 Å². The van der Waals surface area contributed by atoms with Crippen molar-refractivity contribution in [2.45, 2.75) is 32.6 Å². The van der Waals surface area contributed by atoms with Crippen LogP contribution in [0.2, 0.25) is 0 Å². The van der Waals surface area contributed by atoms with E-state index in [1.165, 1.54) is 12.0 Å². The third-order valence-corrected chi connectivity index (χ3v) is 4.37. The molecule has 1 aromatic carbocycles. The van der Waals surface area contributed by atoms with Crippen LogP contribution in [0, 0.1) is 5.92 Å². The first-order valence-electron chi connectivity index (χ1n) is 8.37. The molecule has 1 amide bonds. The van der Waals surface area contributed by atoms with Crippen LogP contribution in [0.5, 0.6) is 5.75 Å². The summed E-state index contributed by atoms with van der Waals surface area (Å²) in [6.07, 6.45) is 4.59. The van der Waals surface area contributed by atoms with Crippen molar-refractivity contribution in [1.82, 2.24) is 10.2 Å². The highest BCUT2D eigenvalue weighted by Gasteiger charge is 2.21. The topological polar surface area (TPSA) is 41.6 Å². The molecule has 0 aliphatic carbocycles. The first-order chi connectivity index (χ1) is 10.7. The number of aryl methyl sites for hydroxylation is 1. The number of hydrogen-bond acceptors (Lipinski definition) is 3. The van der Waals surface area contributed by atoms with Crippen LogP contribution in [-0.4, -0.2) is 44.1 Å². The Bertz CT molecular complexity index is 457. The van der Waals surface area contributed by atoms with Crippen LogP contribution in [-0.2, 0) is 11.2 Å². The van der Waals surface area contributed by atoms with E-state index >= 15 is 0 Å². The predicted octanol–water partition coefficient (Wildman–Crippen LogP) is 2.90. The van der Waals surface area contributed by atoms with Crippen molar-refractivity contribution in [3.05, 3.63) is 29.8 Å². The zero-order valence-electron chi connectivity index (χ0n) is 14.2. The van der Waals surface area contributed by atoms with Gasteiger partial charge >= 0.3 is 0 Å². The summed E-state index contributed by atoms with van der Waals surface area (Å²) in [7, 11) is 1.82. The van der Waals surface area contributed by atoms with Gasteiger partial charge in [-0.25, -0.2) is 0 Å². The normalized spacial score (nSPS) is 15.1. The molecule has 0 bridgehead atoms. The van der Waals surface area contributed by atoms with E-state index in [9.17, 15) is 4.79 Å². The van der Waals surface area contributed by atoms with Crippen molar-refractivity contribution < 1.29 is 9.53 Å². The number of halogens is 1. The van der Waals surface area contributed by atoms with Gasteiger partial charge in [0.25, 0.3) is 0 Å². The summed E-state index contributed by atoms with van der Waals surface area (Å²) < 4.78 is 5.47. The van der Waals surface area contributed by atoms with Gasteiger partial charge in [-0.05, 0) is 63.3 Å². The lowest BCUT2D eigenvalue weighted by molar-refractivity contribution is -0.131. The fourth-order valence-electron chi connectivity index (χ4n) is 3.02. The van der Waals surface area contributed by atoms with Crippen LogP contribution < -0.4 is 10.1 Å². The quantitative estimate of drug-likeness (QED) is 0.829. The van der Waals surface area contributed by atoms with Gasteiger partial charge in [-0.1, -0.05) is 12.1 Å². The minimum Gasteiger partial charge on any atom is -0.494 e. The summed E-state index contributed by atoms with van der Waals surface area (Å²) in [4.78, 5) is 13.8. The van der Waals surface area contributed by atoms with E-state index in [-0.39, 0.29) is 18.3 Å². The van der Waals surface area contributed by atoms with Crippen molar-refractivity contribution in [2.24, 2.45) is 5.92 Å². The SMILES string of the molecule is CCOc1ccc(CCC2CCN(C(=O)CNC)CC2)cc1.Cl. The van der Waals surface area contributed by atoms with Crippen LogP contribution in [0.1, 0.15) is 31.7 Å². The number of nitrogens with one attached hydrogen (secondary N) is 1. The van der Waals surface area contributed by atoms with Gasteiger partial charge < -0.3 is 15.0 Å². The number of hydrogen-bond donors (Lipinski definition) is 1. The lowest BCUT2D eigenvalue weighted by atomic mass is 9.90. The summed E-state index contributed by atoms with van der Waals surface area (Å²) in [6, 6.07) is 8.43. The molecule has 2 rings (SSSR count). The van der Waals surface area contributed by atoms with Crippen LogP contribution in [0.4, 0.5) is 0 Å². The molecule has 1 heterocycles. The Hall–Kier alpha value is -1.26. The summed E-state index contributed by atoms with van der Waals surface area (Å²) in [5, 5.41) is 2.93. The smallest absolute Gasteiger partial charge is 0.236 e. The van der Waals surface area contributed by atoms with Gasteiger partial charge in [-0.2, -0.15) is 0 Å². The number of piperidine rings is 1. The molecule has 1 aliphatic rings. The number of likely N-dealkylation sites (tertiary alicyclic amines) is 1. The van der Waals surface area contributed by atoms with Gasteiger partial charge in [0.05, 0.1) is 13.2 Å². The fourth-order valence-corrected chi connectivity index (χ4v) is 3.02. The number of benzene rings is 1. The summed E-state index contributed by atoms with van der Waals surface area (Å²) in [6.45, 7) is 4.99. The molecule has 5 heteroatoms. The molecule has 0 unspecified atom stereocenters. The third kappa shape index (κ3) is 6.40. The molecule has 1 fully saturated rings. The number of carbonyl (C=O) groups is 1. The number of nitrogens with zero attached hydrogens (tertiary/aromatic N) is 1. The van der Waals surface area contributed by atoms with Gasteiger partial charge in [-0.3, -0.25) is 4.79 Å². The zero-order chi connectivity index (χ0) is 15.8. The average molecular weight is 341 g/mol. The Kier molecular flexibility index (Phi) is 9.03. The molecule has 0 aromatic heterocycles. The van der Waals surface area contributed by atoms with Gasteiger partial charge in [0.15, 0.2) is 0 Å². The van der Waals surface area contributed by atoms with Crippen molar-refractivity contribution in [1.29, 1.82) is 0 Å². The van der Waals surface area contributed by atoms with Crippen LogP contribution >= 0.6 is 12.4 Å². The Morgan fingerprint density at radius 2 is 1.91 bits per heavy atom. The van der Waals surface area contributed by atoms with E-state index < -0.39 is 0 Å². The molecule has 0 spiro atoms. The summed E-state index contributed by atoms with van der Waals surface area (Å²) in [5.41, 5.74) is 1.37. The standard InChI is InChI=1S/C18H28N2O2.ClH/c1-3-22-17-8-6-15(7-9-17)4-5-16-10-12-20(13-11-16)18(21)14-19-2;/h6-9,16,19H,3-5,10-14H2,1-2H3;1H. The minimum absolute atomic E-state index is 0. The van der Waals surface area contributed by atoms with Gasteiger partial charge in [0.1, 0.15) is 5.75 Å². The molecule has 0 atom stereocenters. The summed E-state index contributed by atoms with van der Waals surface area (Å²) in [5.74, 6) is 1.92. The molecular formula is C18H29ClN2O2. The maximum absolute atomic E-state index is 11.8. The van der Waals surface area contributed by atoms with Crippen molar-refractivity contribution in [3.8, 4) is 5.75 Å². The summed E-state index contributed by atoms with van der Waals surface area (Å²) >= 11 is 0. The largest absolute Gasteiger partial charge is 0.494 e. The molecule has 130 valence electrons. The van der Waals surface area contributed by atoms with E-state index in [2.05, 4.69) is 29.6 Å². The zero-order valence-corrected chi connectivity index (χ0v) is 15.0. The second kappa shape index (κ2) is 10.5.